The van der Waals surface area contributed by atoms with E-state index in [9.17, 15) is 29.1 Å². The number of nitrogens with zero attached hydrogens (tertiary/aromatic N) is 2. The van der Waals surface area contributed by atoms with Crippen molar-refractivity contribution < 1.29 is 29.1 Å². The SMILES string of the molecule is CCCCCC(=O)N(CC)[C@@H](CCC(=O)N(C(=O)CCC)C(=O)CCC)C(=O)O. The molecule has 0 unspecified atom stereocenters. The number of aliphatic carboxylic acids is 1. The Bertz CT molecular complexity index is 558. The van der Waals surface area contributed by atoms with Gasteiger partial charge < -0.3 is 10.0 Å². The van der Waals surface area contributed by atoms with Crippen molar-refractivity contribution >= 4 is 29.6 Å². The first-order chi connectivity index (χ1) is 13.7. The largest absolute Gasteiger partial charge is 0.480 e. The molecule has 0 aliphatic carbocycles. The van der Waals surface area contributed by atoms with Crippen LogP contribution in [0, 0.1) is 0 Å². The molecule has 0 radical (unpaired) electrons. The van der Waals surface area contributed by atoms with Crippen LogP contribution in [0.1, 0.15) is 91.9 Å². The zero-order valence-corrected chi connectivity index (χ0v) is 18.2. The Morgan fingerprint density at radius 3 is 1.62 bits per heavy atom. The van der Waals surface area contributed by atoms with Gasteiger partial charge in [-0.15, -0.1) is 0 Å². The van der Waals surface area contributed by atoms with Crippen molar-refractivity contribution in [2.45, 2.75) is 97.9 Å². The molecule has 1 atom stereocenters. The predicted octanol–water partition coefficient (Wildman–Crippen LogP) is 3.13. The molecular weight excluding hydrogens is 376 g/mol. The van der Waals surface area contributed by atoms with Gasteiger partial charge in [0, 0.05) is 32.2 Å². The Kier molecular flexibility index (Phi) is 13.6. The van der Waals surface area contributed by atoms with Crippen LogP contribution in [0.15, 0.2) is 0 Å². The fourth-order valence-corrected chi connectivity index (χ4v) is 3.09. The number of carboxylic acids is 1. The van der Waals surface area contributed by atoms with Gasteiger partial charge in [-0.25, -0.2) is 9.69 Å². The van der Waals surface area contributed by atoms with E-state index in [0.717, 1.165) is 12.8 Å². The second-order valence-electron chi connectivity index (χ2n) is 7.05. The van der Waals surface area contributed by atoms with Gasteiger partial charge in [0.25, 0.3) is 0 Å². The normalized spacial score (nSPS) is 11.6. The van der Waals surface area contributed by atoms with Crippen LogP contribution in [0.4, 0.5) is 0 Å². The van der Waals surface area contributed by atoms with E-state index < -0.39 is 29.7 Å². The van der Waals surface area contributed by atoms with Gasteiger partial charge in [0.05, 0.1) is 0 Å². The summed E-state index contributed by atoms with van der Waals surface area (Å²) in [7, 11) is 0. The average Bonchev–Trinajstić information content (AvgIpc) is 2.65. The zero-order valence-electron chi connectivity index (χ0n) is 18.2. The minimum Gasteiger partial charge on any atom is -0.480 e. The molecule has 8 heteroatoms. The highest BCUT2D eigenvalue weighted by Crippen LogP contribution is 2.14. The number of imide groups is 3. The number of amides is 4. The summed E-state index contributed by atoms with van der Waals surface area (Å²) in [5, 5.41) is 9.58. The quantitative estimate of drug-likeness (QED) is 0.439. The highest BCUT2D eigenvalue weighted by molar-refractivity contribution is 6.10. The maximum absolute atomic E-state index is 12.6. The summed E-state index contributed by atoms with van der Waals surface area (Å²) in [4.78, 5) is 63.1. The first-order valence-corrected chi connectivity index (χ1v) is 10.7. The fourth-order valence-electron chi connectivity index (χ4n) is 3.09. The molecule has 0 spiro atoms. The number of carbonyl (C=O) groups excluding carboxylic acids is 4. The average molecular weight is 413 g/mol. The minimum atomic E-state index is -1.20. The molecule has 8 nitrogen and oxygen atoms in total. The summed E-state index contributed by atoms with van der Waals surface area (Å²) in [6.45, 7) is 7.46. The zero-order chi connectivity index (χ0) is 22.4. The molecule has 166 valence electrons. The van der Waals surface area contributed by atoms with E-state index in [1.165, 1.54) is 4.90 Å². The lowest BCUT2D eigenvalue weighted by atomic mass is 10.1. The van der Waals surface area contributed by atoms with Crippen LogP contribution in [0.5, 0.6) is 0 Å². The van der Waals surface area contributed by atoms with E-state index in [1.807, 2.05) is 6.92 Å². The molecular formula is C21H36N2O6. The molecule has 1 N–H and O–H groups in total. The third-order valence-electron chi connectivity index (χ3n) is 4.62. The Labute approximate surface area is 173 Å². The van der Waals surface area contributed by atoms with Crippen molar-refractivity contribution in [2.24, 2.45) is 0 Å². The molecule has 0 heterocycles. The van der Waals surface area contributed by atoms with Crippen molar-refractivity contribution in [3.8, 4) is 0 Å². The lowest BCUT2D eigenvalue weighted by Crippen LogP contribution is -2.46. The van der Waals surface area contributed by atoms with Crippen molar-refractivity contribution in [1.82, 2.24) is 9.80 Å². The Balaban J connectivity index is 5.24. The standard InChI is InChI=1S/C21H36N2O6/c1-5-9-10-13-17(24)22(8-4)16(21(28)29)14-15-20(27)23(18(25)11-6-2)19(26)12-7-3/h16H,5-15H2,1-4H3,(H,28,29)/t16-/m0/s1. The molecule has 0 saturated heterocycles. The van der Waals surface area contributed by atoms with Crippen molar-refractivity contribution in [2.75, 3.05) is 6.54 Å². The highest BCUT2D eigenvalue weighted by atomic mass is 16.4. The van der Waals surface area contributed by atoms with Crippen molar-refractivity contribution in [3.63, 3.8) is 0 Å². The van der Waals surface area contributed by atoms with Crippen LogP contribution in [-0.4, -0.2) is 57.1 Å². The maximum Gasteiger partial charge on any atom is 0.326 e. The summed E-state index contributed by atoms with van der Waals surface area (Å²) in [6.07, 6.45) is 3.47. The monoisotopic (exact) mass is 412 g/mol. The molecule has 0 aromatic rings. The maximum atomic E-state index is 12.6. The van der Waals surface area contributed by atoms with E-state index in [-0.39, 0.29) is 44.6 Å². The van der Waals surface area contributed by atoms with Gasteiger partial charge in [-0.1, -0.05) is 33.6 Å². The first kappa shape index (κ1) is 26.8. The van der Waals surface area contributed by atoms with Gasteiger partial charge in [0.2, 0.25) is 23.6 Å². The summed E-state index contributed by atoms with van der Waals surface area (Å²) >= 11 is 0. The fraction of sp³-hybridized carbons (Fsp3) is 0.762. The molecule has 0 aromatic carbocycles. The number of hydrogen-bond acceptors (Lipinski definition) is 5. The molecule has 0 fully saturated rings. The minimum absolute atomic E-state index is 0.0700. The molecule has 0 saturated carbocycles. The molecule has 0 bridgehead atoms. The lowest BCUT2D eigenvalue weighted by Gasteiger charge is -2.28. The third kappa shape index (κ3) is 9.19. The second-order valence-corrected chi connectivity index (χ2v) is 7.05. The van der Waals surface area contributed by atoms with Gasteiger partial charge in [0.1, 0.15) is 6.04 Å². The van der Waals surface area contributed by atoms with Crippen LogP contribution in [0.25, 0.3) is 0 Å². The molecule has 0 aliphatic heterocycles. The number of rotatable bonds is 14. The van der Waals surface area contributed by atoms with Gasteiger partial charge in [-0.3, -0.25) is 19.2 Å². The van der Waals surface area contributed by atoms with Crippen LogP contribution in [0.3, 0.4) is 0 Å². The number of unbranched alkanes of at least 4 members (excludes halogenated alkanes) is 2. The summed E-state index contributed by atoms with van der Waals surface area (Å²) in [5.74, 6) is -3.30. The van der Waals surface area contributed by atoms with Gasteiger partial charge >= 0.3 is 5.97 Å². The van der Waals surface area contributed by atoms with E-state index in [4.69, 9.17) is 0 Å². The van der Waals surface area contributed by atoms with Crippen LogP contribution in [0.2, 0.25) is 0 Å². The Hall–Kier alpha value is -2.25. The topological polar surface area (TPSA) is 112 Å². The number of likely N-dealkylation sites (N-methyl/N-ethyl adjacent to an activating group) is 1. The first-order valence-electron chi connectivity index (χ1n) is 10.7. The lowest BCUT2D eigenvalue weighted by molar-refractivity contribution is -0.155. The van der Waals surface area contributed by atoms with Crippen LogP contribution < -0.4 is 0 Å². The highest BCUT2D eigenvalue weighted by Gasteiger charge is 2.32. The Morgan fingerprint density at radius 1 is 0.690 bits per heavy atom. The smallest absolute Gasteiger partial charge is 0.326 e. The number of carboxylic acid groups (broad SMARTS) is 1. The predicted molar refractivity (Wildman–Crippen MR) is 109 cm³/mol. The van der Waals surface area contributed by atoms with E-state index >= 15 is 0 Å². The van der Waals surface area contributed by atoms with E-state index in [1.54, 1.807) is 20.8 Å². The summed E-state index contributed by atoms with van der Waals surface area (Å²) in [5.41, 5.74) is 0. The van der Waals surface area contributed by atoms with Gasteiger partial charge in [-0.05, 0) is 32.6 Å². The van der Waals surface area contributed by atoms with Gasteiger partial charge in [-0.2, -0.15) is 0 Å². The molecule has 0 rings (SSSR count). The van der Waals surface area contributed by atoms with Crippen molar-refractivity contribution in [3.05, 3.63) is 0 Å². The molecule has 29 heavy (non-hydrogen) atoms. The molecule has 4 amide bonds. The molecule has 0 aliphatic rings. The summed E-state index contributed by atoms with van der Waals surface area (Å²) in [6, 6.07) is -1.16. The van der Waals surface area contributed by atoms with Crippen LogP contribution >= 0.6 is 0 Å². The van der Waals surface area contributed by atoms with Gasteiger partial charge in [0.15, 0.2) is 0 Å². The van der Waals surface area contributed by atoms with Crippen LogP contribution in [-0.2, 0) is 24.0 Å². The second kappa shape index (κ2) is 14.7. The third-order valence-corrected chi connectivity index (χ3v) is 4.62. The van der Waals surface area contributed by atoms with E-state index in [0.29, 0.717) is 24.2 Å². The molecule has 0 aromatic heterocycles. The summed E-state index contributed by atoms with van der Waals surface area (Å²) < 4.78 is 0. The number of hydrogen-bond donors (Lipinski definition) is 1. The van der Waals surface area contributed by atoms with Crippen molar-refractivity contribution in [1.29, 1.82) is 0 Å². The Morgan fingerprint density at radius 2 is 1.21 bits per heavy atom. The number of carbonyl (C=O) groups is 5. The van der Waals surface area contributed by atoms with E-state index in [2.05, 4.69) is 0 Å².